The van der Waals surface area contributed by atoms with Gasteiger partial charge in [0.2, 0.25) is 0 Å². The lowest BCUT2D eigenvalue weighted by atomic mass is 9.94. The van der Waals surface area contributed by atoms with E-state index in [1.165, 1.54) is 57.4 Å². The molecule has 2 saturated heterocycles. The minimum atomic E-state index is -0.249. The zero-order chi connectivity index (χ0) is 22.0. The molecule has 3 aliphatic rings. The molecule has 0 spiro atoms. The third-order valence-electron chi connectivity index (χ3n) is 7.34. The molecule has 3 fully saturated rings. The van der Waals surface area contributed by atoms with Gasteiger partial charge in [0, 0.05) is 31.9 Å². The number of nitrogens with one attached hydrogen (secondary N) is 1. The number of carbonyl (C=O) groups is 1. The van der Waals surface area contributed by atoms with Crippen LogP contribution in [0.2, 0.25) is 0 Å². The Hall–Kier alpha value is -1.21. The van der Waals surface area contributed by atoms with E-state index in [2.05, 4.69) is 27.2 Å². The number of piperidine rings is 1. The smallest absolute Gasteiger partial charge is 0.344 e. The molecule has 8 heteroatoms. The Morgan fingerprint density at radius 1 is 0.882 bits per heavy atom. The predicted molar refractivity (Wildman–Crippen MR) is 143 cm³/mol. The Labute approximate surface area is 217 Å². The molecule has 0 radical (unpaired) electrons. The van der Waals surface area contributed by atoms with E-state index >= 15 is 0 Å². The van der Waals surface area contributed by atoms with Crippen LogP contribution in [-0.2, 0) is 9.53 Å². The minimum absolute atomic E-state index is 0. The van der Waals surface area contributed by atoms with E-state index in [4.69, 9.17) is 9.47 Å². The second-order valence-electron chi connectivity index (χ2n) is 9.70. The molecule has 2 aliphatic heterocycles. The number of hydrogen-bond acceptors (Lipinski definition) is 6. The monoisotopic (exact) mass is 515 g/mol. The van der Waals surface area contributed by atoms with Gasteiger partial charge in [-0.05, 0) is 94.8 Å². The SMILES string of the molecule is Cl.Cl.O=C(COc1ccc(N2CCN(CCC3CCNCC3)CC2)cc1)OC1CCCCCC1. The quantitative estimate of drug-likeness (QED) is 0.400. The van der Waals surface area contributed by atoms with Gasteiger partial charge < -0.3 is 19.7 Å². The van der Waals surface area contributed by atoms with E-state index in [1.54, 1.807) is 0 Å². The first kappa shape index (κ1) is 29.0. The van der Waals surface area contributed by atoms with Crippen LogP contribution in [-0.4, -0.2) is 69.4 Å². The summed E-state index contributed by atoms with van der Waals surface area (Å²) in [5, 5.41) is 3.46. The van der Waals surface area contributed by atoms with Crippen LogP contribution in [0.1, 0.15) is 57.8 Å². The van der Waals surface area contributed by atoms with E-state index in [9.17, 15) is 4.79 Å². The maximum absolute atomic E-state index is 12.1. The molecule has 0 atom stereocenters. The molecule has 4 rings (SSSR count). The van der Waals surface area contributed by atoms with Crippen molar-refractivity contribution < 1.29 is 14.3 Å². The highest BCUT2D eigenvalue weighted by Crippen LogP contribution is 2.23. The van der Waals surface area contributed by atoms with Crippen molar-refractivity contribution in [1.82, 2.24) is 10.2 Å². The maximum atomic E-state index is 12.1. The normalized spacial score (nSPS) is 20.5. The second kappa shape index (κ2) is 15.7. The molecule has 1 aliphatic carbocycles. The van der Waals surface area contributed by atoms with Crippen LogP contribution in [0.4, 0.5) is 5.69 Å². The first-order valence-corrected chi connectivity index (χ1v) is 12.9. The van der Waals surface area contributed by atoms with Gasteiger partial charge in [-0.1, -0.05) is 12.8 Å². The average Bonchev–Trinajstić information content (AvgIpc) is 3.11. The van der Waals surface area contributed by atoms with Gasteiger partial charge in [-0.25, -0.2) is 4.79 Å². The van der Waals surface area contributed by atoms with Crippen LogP contribution in [0.5, 0.6) is 5.75 Å². The summed E-state index contributed by atoms with van der Waals surface area (Å²) in [6, 6.07) is 8.16. The standard InChI is InChI=1S/C26H41N3O3.2ClH/c30-26(32-25-5-3-1-2-4-6-25)21-31-24-9-7-23(8-10-24)29-19-17-28(18-20-29)16-13-22-11-14-27-15-12-22;;/h7-10,22,25,27H,1-6,11-21H2;2*1H. The predicted octanol–water partition coefficient (Wildman–Crippen LogP) is 4.69. The summed E-state index contributed by atoms with van der Waals surface area (Å²) in [7, 11) is 0. The summed E-state index contributed by atoms with van der Waals surface area (Å²) in [5.74, 6) is 1.39. The number of piperazine rings is 1. The topological polar surface area (TPSA) is 54.0 Å². The molecular weight excluding hydrogens is 473 g/mol. The Morgan fingerprint density at radius 2 is 1.53 bits per heavy atom. The van der Waals surface area contributed by atoms with Crippen LogP contribution in [0.3, 0.4) is 0 Å². The molecule has 1 aromatic rings. The fourth-order valence-corrected chi connectivity index (χ4v) is 5.24. The molecule has 1 saturated carbocycles. The molecular formula is C26H43Cl2N3O3. The van der Waals surface area contributed by atoms with Gasteiger partial charge in [0.05, 0.1) is 0 Å². The number of benzene rings is 1. The third kappa shape index (κ3) is 9.44. The van der Waals surface area contributed by atoms with Gasteiger partial charge >= 0.3 is 5.97 Å². The van der Waals surface area contributed by atoms with E-state index in [0.717, 1.165) is 63.5 Å². The number of hydrogen-bond donors (Lipinski definition) is 1. The summed E-state index contributed by atoms with van der Waals surface area (Å²) in [6.45, 7) is 8.03. The van der Waals surface area contributed by atoms with E-state index in [-0.39, 0.29) is 43.5 Å². The zero-order valence-electron chi connectivity index (χ0n) is 20.4. The lowest BCUT2D eigenvalue weighted by Crippen LogP contribution is -2.47. The molecule has 1 N–H and O–H groups in total. The largest absolute Gasteiger partial charge is 0.482 e. The van der Waals surface area contributed by atoms with Gasteiger partial charge in [0.1, 0.15) is 11.9 Å². The highest BCUT2D eigenvalue weighted by Gasteiger charge is 2.20. The van der Waals surface area contributed by atoms with Crippen LogP contribution >= 0.6 is 24.8 Å². The third-order valence-corrected chi connectivity index (χ3v) is 7.34. The molecule has 194 valence electrons. The summed E-state index contributed by atoms with van der Waals surface area (Å²) in [5.41, 5.74) is 1.23. The van der Waals surface area contributed by atoms with Crippen molar-refractivity contribution in [3.05, 3.63) is 24.3 Å². The molecule has 34 heavy (non-hydrogen) atoms. The summed E-state index contributed by atoms with van der Waals surface area (Å²) in [6.07, 6.45) is 10.9. The molecule has 1 aromatic carbocycles. The number of anilines is 1. The van der Waals surface area contributed by atoms with Crippen LogP contribution < -0.4 is 15.0 Å². The van der Waals surface area contributed by atoms with Crippen molar-refractivity contribution >= 4 is 36.5 Å². The Bertz CT molecular complexity index is 685. The number of ether oxygens (including phenoxy) is 2. The van der Waals surface area contributed by atoms with Crippen molar-refractivity contribution in [3.8, 4) is 5.75 Å². The number of rotatable bonds is 8. The Morgan fingerprint density at radius 3 is 2.18 bits per heavy atom. The summed E-state index contributed by atoms with van der Waals surface area (Å²) in [4.78, 5) is 17.2. The van der Waals surface area contributed by atoms with Crippen molar-refractivity contribution in [2.24, 2.45) is 5.92 Å². The van der Waals surface area contributed by atoms with Gasteiger partial charge in [-0.15, -0.1) is 24.8 Å². The van der Waals surface area contributed by atoms with E-state index in [0.29, 0.717) is 0 Å². The lowest BCUT2D eigenvalue weighted by Gasteiger charge is -2.37. The fraction of sp³-hybridized carbons (Fsp3) is 0.731. The molecule has 0 unspecified atom stereocenters. The summed E-state index contributed by atoms with van der Waals surface area (Å²) >= 11 is 0. The van der Waals surface area contributed by atoms with Crippen LogP contribution in [0.15, 0.2) is 24.3 Å². The highest BCUT2D eigenvalue weighted by atomic mass is 35.5. The van der Waals surface area contributed by atoms with E-state index < -0.39 is 0 Å². The Balaban J connectivity index is 0.00000204. The number of nitrogens with zero attached hydrogens (tertiary/aromatic N) is 2. The van der Waals surface area contributed by atoms with Crippen LogP contribution in [0.25, 0.3) is 0 Å². The fourth-order valence-electron chi connectivity index (χ4n) is 5.24. The summed E-state index contributed by atoms with van der Waals surface area (Å²) < 4.78 is 11.3. The van der Waals surface area contributed by atoms with Crippen molar-refractivity contribution in [1.29, 1.82) is 0 Å². The molecule has 6 nitrogen and oxygen atoms in total. The number of esters is 1. The molecule has 0 bridgehead atoms. The maximum Gasteiger partial charge on any atom is 0.344 e. The Kier molecular flexibility index (Phi) is 13.4. The number of halogens is 2. The highest BCUT2D eigenvalue weighted by molar-refractivity contribution is 5.85. The molecule has 2 heterocycles. The first-order valence-electron chi connectivity index (χ1n) is 12.9. The van der Waals surface area contributed by atoms with Crippen molar-refractivity contribution in [3.63, 3.8) is 0 Å². The van der Waals surface area contributed by atoms with E-state index in [1.807, 2.05) is 12.1 Å². The second-order valence-corrected chi connectivity index (χ2v) is 9.70. The van der Waals surface area contributed by atoms with Gasteiger partial charge in [-0.2, -0.15) is 0 Å². The van der Waals surface area contributed by atoms with Gasteiger partial charge in [0.15, 0.2) is 6.61 Å². The number of carbonyl (C=O) groups excluding carboxylic acids is 1. The van der Waals surface area contributed by atoms with Gasteiger partial charge in [-0.3, -0.25) is 4.90 Å². The minimum Gasteiger partial charge on any atom is -0.482 e. The average molecular weight is 517 g/mol. The van der Waals surface area contributed by atoms with Crippen molar-refractivity contribution in [2.45, 2.75) is 63.9 Å². The van der Waals surface area contributed by atoms with Gasteiger partial charge in [0.25, 0.3) is 0 Å². The lowest BCUT2D eigenvalue weighted by molar-refractivity contribution is -0.152. The molecule has 0 aromatic heterocycles. The first-order chi connectivity index (χ1) is 15.8. The molecule has 0 amide bonds. The van der Waals surface area contributed by atoms with Crippen molar-refractivity contribution in [2.75, 3.05) is 57.3 Å². The van der Waals surface area contributed by atoms with Crippen LogP contribution in [0, 0.1) is 5.92 Å². The zero-order valence-corrected chi connectivity index (χ0v) is 22.1.